The first-order chi connectivity index (χ1) is 6.70. The summed E-state index contributed by atoms with van der Waals surface area (Å²) in [5, 5.41) is 5.06. The normalized spacial score (nSPS) is 18.7. The number of nitrogen functional groups attached to an aromatic ring is 1. The monoisotopic (exact) mass is 213 g/mol. The highest BCUT2D eigenvalue weighted by Crippen LogP contribution is 2.37. The fourth-order valence-electron chi connectivity index (χ4n) is 2.17. The summed E-state index contributed by atoms with van der Waals surface area (Å²) < 4.78 is 1.67. The molecule has 78 valence electrons. The Bertz CT molecular complexity index is 326. The van der Waals surface area contributed by atoms with Crippen molar-refractivity contribution in [1.82, 2.24) is 9.78 Å². The molecule has 3 nitrogen and oxygen atoms in total. The molecule has 2 N–H and O–H groups in total. The van der Waals surface area contributed by atoms with E-state index in [0.29, 0.717) is 16.8 Å². The Hall–Kier alpha value is -0.700. The minimum absolute atomic E-state index is 0.528. The van der Waals surface area contributed by atoms with Gasteiger partial charge in [0, 0.05) is 13.0 Å². The predicted octanol–water partition coefficient (Wildman–Crippen LogP) is 2.70. The number of rotatable bonds is 1. The van der Waals surface area contributed by atoms with Crippen LogP contribution in [0.15, 0.2) is 0 Å². The lowest BCUT2D eigenvalue weighted by Gasteiger charge is -2.19. The highest BCUT2D eigenvalue weighted by molar-refractivity contribution is 6.33. The number of nitrogens with two attached hydrogens (primary N) is 1. The molecule has 0 atom stereocenters. The van der Waals surface area contributed by atoms with Crippen molar-refractivity contribution in [3.8, 4) is 0 Å². The van der Waals surface area contributed by atoms with E-state index < -0.39 is 0 Å². The van der Waals surface area contributed by atoms with Crippen LogP contribution in [0.25, 0.3) is 0 Å². The third-order valence-electron chi connectivity index (χ3n) is 3.05. The molecule has 4 heteroatoms. The van der Waals surface area contributed by atoms with Gasteiger partial charge in [0.05, 0.1) is 5.69 Å². The smallest absolute Gasteiger partial charge is 0.140 e. The first-order valence-corrected chi connectivity index (χ1v) is 5.56. The SMILES string of the molecule is Cn1nc(C2CCCCC2)c(Cl)c1N. The van der Waals surface area contributed by atoms with Crippen LogP contribution in [0.3, 0.4) is 0 Å². The molecule has 0 spiro atoms. The minimum atomic E-state index is 0.528. The molecule has 1 aliphatic carbocycles. The molecule has 14 heavy (non-hydrogen) atoms. The van der Waals surface area contributed by atoms with E-state index in [1.807, 2.05) is 7.05 Å². The third-order valence-corrected chi connectivity index (χ3v) is 3.44. The second-order valence-electron chi connectivity index (χ2n) is 4.04. The molecular formula is C10H16ClN3. The summed E-state index contributed by atoms with van der Waals surface area (Å²) in [4.78, 5) is 0. The van der Waals surface area contributed by atoms with Crippen LogP contribution in [0.2, 0.25) is 5.02 Å². The van der Waals surface area contributed by atoms with E-state index in [1.165, 1.54) is 32.1 Å². The van der Waals surface area contributed by atoms with E-state index in [4.69, 9.17) is 17.3 Å². The lowest BCUT2D eigenvalue weighted by molar-refractivity contribution is 0.434. The van der Waals surface area contributed by atoms with Crippen molar-refractivity contribution >= 4 is 17.4 Å². The Morgan fingerprint density at radius 2 is 2.00 bits per heavy atom. The van der Waals surface area contributed by atoms with E-state index in [0.717, 1.165) is 5.69 Å². The summed E-state index contributed by atoms with van der Waals surface area (Å²) >= 11 is 6.14. The van der Waals surface area contributed by atoms with E-state index >= 15 is 0 Å². The molecule has 0 aliphatic heterocycles. The molecule has 0 saturated heterocycles. The van der Waals surface area contributed by atoms with Gasteiger partial charge in [0.2, 0.25) is 0 Å². The maximum Gasteiger partial charge on any atom is 0.140 e. The van der Waals surface area contributed by atoms with Crippen LogP contribution in [0, 0.1) is 0 Å². The Morgan fingerprint density at radius 3 is 2.50 bits per heavy atom. The molecule has 0 amide bonds. The number of aryl methyl sites for hydroxylation is 1. The van der Waals surface area contributed by atoms with Crippen molar-refractivity contribution in [2.45, 2.75) is 38.0 Å². The van der Waals surface area contributed by atoms with Gasteiger partial charge in [-0.05, 0) is 12.8 Å². The number of anilines is 1. The first-order valence-electron chi connectivity index (χ1n) is 5.18. The standard InChI is InChI=1S/C10H16ClN3/c1-14-10(12)8(11)9(13-14)7-5-3-2-4-6-7/h7H,2-6,12H2,1H3. The molecule has 1 fully saturated rings. The van der Waals surface area contributed by atoms with Crippen molar-refractivity contribution < 1.29 is 0 Å². The van der Waals surface area contributed by atoms with Crippen LogP contribution in [-0.2, 0) is 7.05 Å². The average molecular weight is 214 g/mol. The molecule has 0 unspecified atom stereocenters. The van der Waals surface area contributed by atoms with Crippen molar-refractivity contribution in [3.05, 3.63) is 10.7 Å². The summed E-state index contributed by atoms with van der Waals surface area (Å²) in [7, 11) is 1.84. The highest BCUT2D eigenvalue weighted by Gasteiger charge is 2.22. The molecule has 0 aromatic carbocycles. The lowest BCUT2D eigenvalue weighted by atomic mass is 9.87. The second-order valence-corrected chi connectivity index (χ2v) is 4.42. The maximum absolute atomic E-state index is 6.14. The summed E-state index contributed by atoms with van der Waals surface area (Å²) in [6.07, 6.45) is 6.33. The third kappa shape index (κ3) is 1.61. The summed E-state index contributed by atoms with van der Waals surface area (Å²) in [5.41, 5.74) is 6.78. The molecular weight excluding hydrogens is 198 g/mol. The van der Waals surface area contributed by atoms with Crippen LogP contribution < -0.4 is 5.73 Å². The molecule has 1 aliphatic rings. The summed E-state index contributed by atoms with van der Waals surface area (Å²) in [6, 6.07) is 0. The van der Waals surface area contributed by atoms with Gasteiger partial charge in [-0.3, -0.25) is 4.68 Å². The Morgan fingerprint density at radius 1 is 1.36 bits per heavy atom. The van der Waals surface area contributed by atoms with Crippen molar-refractivity contribution in [2.75, 3.05) is 5.73 Å². The lowest BCUT2D eigenvalue weighted by Crippen LogP contribution is -2.06. The molecule has 1 heterocycles. The summed E-state index contributed by atoms with van der Waals surface area (Å²) in [6.45, 7) is 0. The molecule has 1 saturated carbocycles. The zero-order valence-corrected chi connectivity index (χ0v) is 9.22. The first kappa shape index (κ1) is 9.84. The van der Waals surface area contributed by atoms with Gasteiger partial charge in [-0.25, -0.2) is 0 Å². The van der Waals surface area contributed by atoms with Gasteiger partial charge in [-0.1, -0.05) is 30.9 Å². The van der Waals surface area contributed by atoms with Crippen LogP contribution in [0.1, 0.15) is 43.7 Å². The van der Waals surface area contributed by atoms with E-state index in [-0.39, 0.29) is 0 Å². The van der Waals surface area contributed by atoms with Gasteiger partial charge in [0.15, 0.2) is 0 Å². The van der Waals surface area contributed by atoms with Crippen molar-refractivity contribution in [1.29, 1.82) is 0 Å². The molecule has 1 aromatic heterocycles. The van der Waals surface area contributed by atoms with Crippen LogP contribution in [-0.4, -0.2) is 9.78 Å². The molecule has 2 rings (SSSR count). The quantitative estimate of drug-likeness (QED) is 0.780. The predicted molar refractivity (Wildman–Crippen MR) is 58.5 cm³/mol. The van der Waals surface area contributed by atoms with Gasteiger partial charge in [-0.15, -0.1) is 0 Å². The van der Waals surface area contributed by atoms with Gasteiger partial charge in [0.25, 0.3) is 0 Å². The van der Waals surface area contributed by atoms with E-state index in [9.17, 15) is 0 Å². The average Bonchev–Trinajstić information content (AvgIpc) is 2.47. The van der Waals surface area contributed by atoms with Gasteiger partial charge < -0.3 is 5.73 Å². The zero-order chi connectivity index (χ0) is 10.1. The van der Waals surface area contributed by atoms with Crippen LogP contribution in [0.4, 0.5) is 5.82 Å². The number of nitrogens with zero attached hydrogens (tertiary/aromatic N) is 2. The fraction of sp³-hybridized carbons (Fsp3) is 0.700. The molecule has 1 aromatic rings. The largest absolute Gasteiger partial charge is 0.383 e. The van der Waals surface area contributed by atoms with Crippen molar-refractivity contribution in [2.24, 2.45) is 7.05 Å². The number of hydrogen-bond acceptors (Lipinski definition) is 2. The topological polar surface area (TPSA) is 43.8 Å². The van der Waals surface area contributed by atoms with Gasteiger partial charge in [0.1, 0.15) is 10.8 Å². The Kier molecular flexibility index (Phi) is 2.68. The number of aromatic nitrogens is 2. The minimum Gasteiger partial charge on any atom is -0.383 e. The number of halogens is 1. The van der Waals surface area contributed by atoms with Gasteiger partial charge in [-0.2, -0.15) is 5.10 Å². The molecule has 0 radical (unpaired) electrons. The van der Waals surface area contributed by atoms with Crippen LogP contribution in [0.5, 0.6) is 0 Å². The maximum atomic E-state index is 6.14. The Labute approximate surface area is 89.2 Å². The fourth-order valence-corrected chi connectivity index (χ4v) is 2.48. The van der Waals surface area contributed by atoms with Gasteiger partial charge >= 0.3 is 0 Å². The van der Waals surface area contributed by atoms with E-state index in [1.54, 1.807) is 4.68 Å². The number of hydrogen-bond donors (Lipinski definition) is 1. The highest BCUT2D eigenvalue weighted by atomic mass is 35.5. The van der Waals surface area contributed by atoms with Crippen LogP contribution >= 0.6 is 11.6 Å². The van der Waals surface area contributed by atoms with E-state index in [2.05, 4.69) is 5.10 Å². The molecule has 0 bridgehead atoms. The summed E-state index contributed by atoms with van der Waals surface area (Å²) in [5.74, 6) is 1.12. The zero-order valence-electron chi connectivity index (χ0n) is 8.46. The Balaban J connectivity index is 2.26. The second kappa shape index (κ2) is 3.81. The van der Waals surface area contributed by atoms with Crippen molar-refractivity contribution in [3.63, 3.8) is 0 Å².